The highest BCUT2D eigenvalue weighted by molar-refractivity contribution is 7.41. The van der Waals surface area contributed by atoms with Gasteiger partial charge in [-0.25, -0.2) is 0 Å². The molecule has 0 aliphatic rings. The Morgan fingerprint density at radius 3 is 1.75 bits per heavy atom. The van der Waals surface area contributed by atoms with Gasteiger partial charge in [0.1, 0.15) is 0 Å². The van der Waals surface area contributed by atoms with Crippen LogP contribution in [-0.2, 0) is 18.7 Å². The monoisotopic (exact) mass is 256 g/mol. The lowest BCUT2D eigenvalue weighted by Crippen LogP contribution is -2.14. The van der Waals surface area contributed by atoms with E-state index in [0.717, 1.165) is 0 Å². The van der Waals surface area contributed by atoms with E-state index in [1.165, 1.54) is 0 Å². The van der Waals surface area contributed by atoms with E-state index in [1.807, 2.05) is 0 Å². The molecule has 8 heteroatoms. The highest BCUT2D eigenvalue weighted by Crippen LogP contribution is 2.11. The average Bonchev–Trinajstić information content (AvgIpc) is 2.25. The second-order valence-corrected chi connectivity index (χ2v) is 3.51. The summed E-state index contributed by atoms with van der Waals surface area (Å²) in [5.74, 6) is 0. The highest BCUT2D eigenvalue weighted by Gasteiger charge is 1.92. The fraction of sp³-hybridized carbons (Fsp3) is 1.00. The average molecular weight is 256 g/mol. The molecule has 0 radical (unpaired) electrons. The third-order valence-corrected chi connectivity index (χ3v) is 1.86. The van der Waals surface area contributed by atoms with Crippen molar-refractivity contribution < 1.29 is 28.7 Å². The van der Waals surface area contributed by atoms with Gasteiger partial charge in [0.05, 0.1) is 52.9 Å². The molecule has 1 atom stereocenters. The minimum atomic E-state index is -2.03. The first kappa shape index (κ1) is 16.1. The summed E-state index contributed by atoms with van der Waals surface area (Å²) in [6, 6.07) is 0. The minimum Gasteiger partial charge on any atom is -0.796 e. The summed E-state index contributed by atoms with van der Waals surface area (Å²) in [6.45, 7) is 2.71. The van der Waals surface area contributed by atoms with Crippen LogP contribution in [0.4, 0.5) is 0 Å². The topological polar surface area (TPSA) is 106 Å². The molecule has 0 fully saturated rings. The van der Waals surface area contributed by atoms with Crippen LogP contribution in [0.2, 0.25) is 0 Å². The largest absolute Gasteiger partial charge is 0.796 e. The molecule has 7 nitrogen and oxygen atoms in total. The minimum absolute atomic E-state index is 0.0203. The summed E-state index contributed by atoms with van der Waals surface area (Å²) in [4.78, 5) is 10.3. The van der Waals surface area contributed by atoms with E-state index in [4.69, 9.17) is 24.8 Å². The van der Waals surface area contributed by atoms with Gasteiger partial charge in [0, 0.05) is 8.53 Å². The summed E-state index contributed by atoms with van der Waals surface area (Å²) in [6.07, 6.45) is 0. The number of nitrogens with two attached hydrogens (primary N) is 1. The lowest BCUT2D eigenvalue weighted by Gasteiger charge is -2.16. The maximum absolute atomic E-state index is 10.3. The van der Waals surface area contributed by atoms with E-state index in [0.29, 0.717) is 39.6 Å². The van der Waals surface area contributed by atoms with Crippen molar-refractivity contribution in [3.63, 3.8) is 0 Å². The molecule has 0 bridgehead atoms. The van der Waals surface area contributed by atoms with Crippen LogP contribution >= 0.6 is 8.53 Å². The van der Waals surface area contributed by atoms with Crippen molar-refractivity contribution in [2.24, 2.45) is 5.50 Å². The fourth-order valence-corrected chi connectivity index (χ4v) is 1.05. The summed E-state index contributed by atoms with van der Waals surface area (Å²) >= 11 is 0. The van der Waals surface area contributed by atoms with Crippen LogP contribution in [0.15, 0.2) is 0 Å². The SMILES string of the molecule is NP([O-])OCCOCCOCCOCCO. The van der Waals surface area contributed by atoms with Gasteiger partial charge in [-0.15, -0.1) is 0 Å². The molecular weight excluding hydrogens is 237 g/mol. The molecular formula is C8H19NO6P-. The van der Waals surface area contributed by atoms with Gasteiger partial charge < -0.3 is 28.7 Å². The van der Waals surface area contributed by atoms with Crippen molar-refractivity contribution in [3.05, 3.63) is 0 Å². The Balaban J connectivity index is 2.88. The molecule has 0 saturated heterocycles. The van der Waals surface area contributed by atoms with E-state index in [9.17, 15) is 4.89 Å². The number of rotatable bonds is 12. The zero-order valence-corrected chi connectivity index (χ0v) is 10.1. The summed E-state index contributed by atoms with van der Waals surface area (Å²) in [7, 11) is -2.03. The summed E-state index contributed by atoms with van der Waals surface area (Å²) in [5, 5.41) is 8.40. The fourth-order valence-electron chi connectivity index (χ4n) is 0.793. The number of aliphatic hydroxyl groups is 1. The normalized spacial score (nSPS) is 12.9. The maximum Gasteiger partial charge on any atom is 0.0744 e. The van der Waals surface area contributed by atoms with Crippen LogP contribution in [0, 0.1) is 0 Å². The van der Waals surface area contributed by atoms with Crippen LogP contribution in [-0.4, -0.2) is 58.0 Å². The number of ether oxygens (including phenoxy) is 3. The van der Waals surface area contributed by atoms with Gasteiger partial charge in [0.2, 0.25) is 0 Å². The van der Waals surface area contributed by atoms with Crippen LogP contribution in [0.3, 0.4) is 0 Å². The molecule has 0 rings (SSSR count). The number of hydrogen-bond acceptors (Lipinski definition) is 7. The maximum atomic E-state index is 10.3. The first-order valence-corrected chi connectivity index (χ1v) is 6.21. The summed E-state index contributed by atoms with van der Waals surface area (Å²) in [5.41, 5.74) is 4.89. The standard InChI is InChI=1S/C8H19NO6P/c9-16(11)15-8-7-14-6-5-13-4-3-12-2-1-10/h10H,1-9H2/q-1. The Bertz CT molecular complexity index is 140. The Morgan fingerprint density at radius 2 is 1.31 bits per heavy atom. The highest BCUT2D eigenvalue weighted by atomic mass is 31.2. The molecule has 16 heavy (non-hydrogen) atoms. The van der Waals surface area contributed by atoms with Gasteiger partial charge in [0.25, 0.3) is 0 Å². The van der Waals surface area contributed by atoms with Gasteiger partial charge in [-0.05, 0) is 0 Å². The van der Waals surface area contributed by atoms with Crippen molar-refractivity contribution in [1.82, 2.24) is 0 Å². The quantitative estimate of drug-likeness (QED) is 0.326. The van der Waals surface area contributed by atoms with Crippen LogP contribution in [0.25, 0.3) is 0 Å². The molecule has 0 aromatic carbocycles. The second kappa shape index (κ2) is 13.2. The zero-order valence-electron chi connectivity index (χ0n) is 9.17. The Morgan fingerprint density at radius 1 is 0.875 bits per heavy atom. The van der Waals surface area contributed by atoms with E-state index in [1.54, 1.807) is 0 Å². The van der Waals surface area contributed by atoms with Gasteiger partial charge >= 0.3 is 0 Å². The van der Waals surface area contributed by atoms with E-state index >= 15 is 0 Å². The first-order chi connectivity index (χ1) is 7.77. The Labute approximate surface area is 96.4 Å². The molecule has 0 aliphatic carbocycles. The number of aliphatic hydroxyl groups excluding tert-OH is 1. The van der Waals surface area contributed by atoms with Gasteiger partial charge in [-0.3, -0.25) is 5.50 Å². The second-order valence-electron chi connectivity index (χ2n) is 2.68. The van der Waals surface area contributed by atoms with Gasteiger partial charge in [-0.2, -0.15) is 0 Å². The molecule has 0 spiro atoms. The van der Waals surface area contributed by atoms with Crippen molar-refractivity contribution in [2.75, 3.05) is 52.9 Å². The van der Waals surface area contributed by atoms with E-state index < -0.39 is 8.53 Å². The predicted molar refractivity (Wildman–Crippen MR) is 56.6 cm³/mol. The third kappa shape index (κ3) is 14.1. The molecule has 3 N–H and O–H groups in total. The van der Waals surface area contributed by atoms with Crippen LogP contribution in [0.5, 0.6) is 0 Å². The molecule has 0 heterocycles. The Hall–Kier alpha value is 0.150. The zero-order chi connectivity index (χ0) is 12.1. The van der Waals surface area contributed by atoms with E-state index in [-0.39, 0.29) is 13.2 Å². The molecule has 0 aromatic rings. The van der Waals surface area contributed by atoms with Crippen LogP contribution < -0.4 is 10.4 Å². The van der Waals surface area contributed by atoms with Crippen molar-refractivity contribution in [1.29, 1.82) is 0 Å². The number of hydrogen-bond donors (Lipinski definition) is 2. The van der Waals surface area contributed by atoms with Crippen molar-refractivity contribution in [3.8, 4) is 0 Å². The molecule has 0 saturated carbocycles. The smallest absolute Gasteiger partial charge is 0.0744 e. The third-order valence-electron chi connectivity index (χ3n) is 1.43. The molecule has 1 unspecified atom stereocenters. The molecule has 0 amide bonds. The molecule has 0 aliphatic heterocycles. The summed E-state index contributed by atoms with van der Waals surface area (Å²) < 4.78 is 19.8. The molecule has 98 valence electrons. The molecule has 0 aromatic heterocycles. The Kier molecular flexibility index (Phi) is 13.3. The van der Waals surface area contributed by atoms with Gasteiger partial charge in [-0.1, -0.05) is 0 Å². The van der Waals surface area contributed by atoms with Crippen molar-refractivity contribution >= 4 is 8.53 Å². The lowest BCUT2D eigenvalue weighted by molar-refractivity contribution is -0.181. The van der Waals surface area contributed by atoms with Crippen molar-refractivity contribution in [2.45, 2.75) is 0 Å². The first-order valence-electron chi connectivity index (χ1n) is 4.96. The predicted octanol–water partition coefficient (Wildman–Crippen LogP) is -1.41. The van der Waals surface area contributed by atoms with E-state index in [2.05, 4.69) is 4.52 Å². The lowest BCUT2D eigenvalue weighted by atomic mass is 10.7. The van der Waals surface area contributed by atoms with Gasteiger partial charge in [0.15, 0.2) is 0 Å². The van der Waals surface area contributed by atoms with Crippen LogP contribution in [0.1, 0.15) is 0 Å².